The summed E-state index contributed by atoms with van der Waals surface area (Å²) in [7, 11) is 0. The normalized spacial score (nSPS) is 15.6. The summed E-state index contributed by atoms with van der Waals surface area (Å²) in [6.07, 6.45) is 0. The number of anilines is 1. The minimum Gasteiger partial charge on any atom is -0.377 e. The van der Waals surface area contributed by atoms with E-state index >= 15 is 0 Å². The fourth-order valence-corrected chi connectivity index (χ4v) is 1.73. The molecule has 2 rings (SSSR count). The van der Waals surface area contributed by atoms with Crippen molar-refractivity contribution in [1.82, 2.24) is 5.27 Å². The molecule has 0 radical (unpaired) electrons. The summed E-state index contributed by atoms with van der Waals surface area (Å²) in [5.41, 5.74) is 0.229. The lowest BCUT2D eigenvalue weighted by Gasteiger charge is -2.19. The molecule has 1 N–H and O–H groups in total. The lowest BCUT2D eigenvalue weighted by molar-refractivity contribution is -0.761. The van der Waals surface area contributed by atoms with Crippen molar-refractivity contribution in [3.63, 3.8) is 0 Å². The molecule has 0 atom stereocenters. The number of ether oxygens (including phenoxy) is 1. The van der Waals surface area contributed by atoms with Crippen LogP contribution in [0.2, 0.25) is 0 Å². The van der Waals surface area contributed by atoms with Gasteiger partial charge in [0.15, 0.2) is 0 Å². The van der Waals surface area contributed by atoms with Crippen LogP contribution in [-0.2, 0) is 9.53 Å². The molecule has 0 unspecified atom stereocenters. The Morgan fingerprint density at radius 3 is 2.56 bits per heavy atom. The Hall–Kier alpha value is -1.96. The molecule has 0 bridgehead atoms. The van der Waals surface area contributed by atoms with E-state index in [4.69, 9.17) is 9.26 Å². The van der Waals surface area contributed by atoms with E-state index in [0.29, 0.717) is 26.3 Å². The van der Waals surface area contributed by atoms with Crippen molar-refractivity contribution in [2.75, 3.05) is 36.6 Å². The number of carbonyl (C=O) groups is 2. The van der Waals surface area contributed by atoms with Gasteiger partial charge in [-0.1, -0.05) is 0 Å². The monoisotopic (exact) mass is 255 g/mol. The zero-order valence-corrected chi connectivity index (χ0v) is 10.3. The van der Waals surface area contributed by atoms with Gasteiger partial charge in [0, 0.05) is 13.8 Å². The first-order chi connectivity index (χ1) is 8.59. The minimum absolute atomic E-state index is 0.0708. The van der Waals surface area contributed by atoms with Crippen LogP contribution in [0.25, 0.3) is 0 Å². The van der Waals surface area contributed by atoms with Crippen LogP contribution in [0.5, 0.6) is 0 Å². The molecule has 1 amide bonds. The molecule has 1 aliphatic heterocycles. The Balaban J connectivity index is 2.31. The van der Waals surface area contributed by atoms with Crippen LogP contribution in [0.1, 0.15) is 24.3 Å². The molecule has 0 spiro atoms. The van der Waals surface area contributed by atoms with Gasteiger partial charge in [-0.25, -0.2) is 0 Å². The number of morpholine rings is 1. The summed E-state index contributed by atoms with van der Waals surface area (Å²) >= 11 is 0. The van der Waals surface area contributed by atoms with Crippen LogP contribution >= 0.6 is 0 Å². The van der Waals surface area contributed by atoms with E-state index in [-0.39, 0.29) is 23.3 Å². The first-order valence-corrected chi connectivity index (χ1v) is 5.63. The topological polar surface area (TPSA) is 88.6 Å². The van der Waals surface area contributed by atoms with Gasteiger partial charge < -0.3 is 4.74 Å². The van der Waals surface area contributed by atoms with E-state index in [1.807, 2.05) is 5.01 Å². The molecule has 1 aliphatic rings. The molecule has 1 aromatic rings. The summed E-state index contributed by atoms with van der Waals surface area (Å²) in [5, 5.41) is 8.07. The summed E-state index contributed by atoms with van der Waals surface area (Å²) in [6, 6.07) is 0. The number of Topliss-reactive ketones (excluding diaryl/α,β-unsaturated/α-hetero) is 1. The van der Waals surface area contributed by atoms with Crippen LogP contribution in [0.15, 0.2) is 4.52 Å². The van der Waals surface area contributed by atoms with Gasteiger partial charge in [0.2, 0.25) is 17.0 Å². The highest BCUT2D eigenvalue weighted by Crippen LogP contribution is 2.11. The standard InChI is InChI=1S/C10H14N4O4/c1-7(15)9-10(11-8(2)16)18-12-14(9)13-3-5-17-6-4-13/h3-6H2,1-2H3/p+1. The van der Waals surface area contributed by atoms with Gasteiger partial charge in [-0.15, -0.1) is 5.01 Å². The molecule has 1 aromatic heterocycles. The highest BCUT2D eigenvalue weighted by atomic mass is 16.5. The number of ketones is 1. The molecule has 0 aromatic carbocycles. The summed E-state index contributed by atoms with van der Waals surface area (Å²) in [5.74, 6) is -0.476. The van der Waals surface area contributed by atoms with Crippen molar-refractivity contribution >= 4 is 17.6 Å². The van der Waals surface area contributed by atoms with E-state index in [1.165, 1.54) is 18.6 Å². The molecule has 1 fully saturated rings. The van der Waals surface area contributed by atoms with Gasteiger partial charge in [0.25, 0.3) is 0 Å². The second-order valence-corrected chi connectivity index (χ2v) is 3.94. The quantitative estimate of drug-likeness (QED) is 0.555. The van der Waals surface area contributed by atoms with Crippen molar-refractivity contribution in [3.8, 4) is 0 Å². The third kappa shape index (κ3) is 2.48. The summed E-state index contributed by atoms with van der Waals surface area (Å²) in [6.45, 7) is 5.08. The zero-order chi connectivity index (χ0) is 13.1. The van der Waals surface area contributed by atoms with Crippen LogP contribution in [0.3, 0.4) is 0 Å². The molecular formula is C10H15N4O4+. The highest BCUT2D eigenvalue weighted by molar-refractivity contribution is 5.98. The number of hydrogen-bond acceptors (Lipinski definition) is 6. The van der Waals surface area contributed by atoms with E-state index < -0.39 is 0 Å². The SMILES string of the molecule is CC(=O)Nc1on[n+](N2CCOCC2)c1C(C)=O. The van der Waals surface area contributed by atoms with Crippen LogP contribution < -0.4 is 15.1 Å². The third-order valence-corrected chi connectivity index (χ3v) is 2.50. The number of nitrogens with zero attached hydrogens (tertiary/aromatic N) is 3. The smallest absolute Gasteiger partial charge is 0.373 e. The van der Waals surface area contributed by atoms with Gasteiger partial charge in [-0.2, -0.15) is 0 Å². The predicted molar refractivity (Wildman–Crippen MR) is 59.8 cm³/mol. The summed E-state index contributed by atoms with van der Waals surface area (Å²) in [4.78, 5) is 24.0. The minimum atomic E-state index is -0.317. The number of nitrogens with one attached hydrogen (secondary N) is 1. The van der Waals surface area contributed by atoms with Crippen LogP contribution in [-0.4, -0.2) is 43.3 Å². The van der Waals surface area contributed by atoms with Crippen molar-refractivity contribution < 1.29 is 23.6 Å². The fourth-order valence-electron chi connectivity index (χ4n) is 1.73. The number of hydrogen-bond donors (Lipinski definition) is 1. The second-order valence-electron chi connectivity index (χ2n) is 3.94. The van der Waals surface area contributed by atoms with Gasteiger partial charge >= 0.3 is 11.6 Å². The molecule has 0 saturated carbocycles. The number of aromatic nitrogens is 2. The average Bonchev–Trinajstić information content (AvgIpc) is 2.73. The number of carbonyl (C=O) groups excluding carboxylic acids is 2. The van der Waals surface area contributed by atoms with Crippen LogP contribution in [0, 0.1) is 0 Å². The number of rotatable bonds is 3. The molecule has 0 aliphatic carbocycles. The Morgan fingerprint density at radius 2 is 2.00 bits per heavy atom. The molecule has 98 valence electrons. The molecule has 2 heterocycles. The van der Waals surface area contributed by atoms with Gasteiger partial charge in [0.05, 0.1) is 31.1 Å². The number of amides is 1. The maximum atomic E-state index is 11.6. The first kappa shape index (κ1) is 12.5. The maximum Gasteiger partial charge on any atom is 0.373 e. The molecule has 1 saturated heterocycles. The Bertz CT molecular complexity index is 464. The molecule has 8 nitrogen and oxygen atoms in total. The van der Waals surface area contributed by atoms with Crippen molar-refractivity contribution in [3.05, 3.63) is 5.69 Å². The first-order valence-electron chi connectivity index (χ1n) is 5.63. The molecular weight excluding hydrogens is 240 g/mol. The van der Waals surface area contributed by atoms with Gasteiger partial charge in [-0.05, 0) is 0 Å². The largest absolute Gasteiger partial charge is 0.377 e. The van der Waals surface area contributed by atoms with Crippen molar-refractivity contribution in [2.45, 2.75) is 13.8 Å². The predicted octanol–water partition coefficient (Wildman–Crippen LogP) is -0.909. The molecule has 18 heavy (non-hydrogen) atoms. The Kier molecular flexibility index (Phi) is 3.56. The second kappa shape index (κ2) is 5.13. The Morgan fingerprint density at radius 1 is 1.33 bits per heavy atom. The molecule has 8 heteroatoms. The van der Waals surface area contributed by atoms with E-state index in [0.717, 1.165) is 0 Å². The fraction of sp³-hybridized carbons (Fsp3) is 0.600. The lowest BCUT2D eigenvalue weighted by atomic mass is 10.3. The van der Waals surface area contributed by atoms with Crippen LogP contribution in [0.4, 0.5) is 5.88 Å². The van der Waals surface area contributed by atoms with Crippen molar-refractivity contribution in [2.24, 2.45) is 0 Å². The highest BCUT2D eigenvalue weighted by Gasteiger charge is 2.35. The van der Waals surface area contributed by atoms with Crippen molar-refractivity contribution in [1.29, 1.82) is 0 Å². The Labute approximate surface area is 103 Å². The maximum absolute atomic E-state index is 11.6. The third-order valence-electron chi connectivity index (χ3n) is 2.50. The zero-order valence-electron chi connectivity index (χ0n) is 10.3. The summed E-state index contributed by atoms with van der Waals surface area (Å²) < 4.78 is 10.2. The average molecular weight is 255 g/mol. The van der Waals surface area contributed by atoms with E-state index in [9.17, 15) is 9.59 Å². The van der Waals surface area contributed by atoms with E-state index in [2.05, 4.69) is 10.6 Å². The van der Waals surface area contributed by atoms with E-state index in [1.54, 1.807) is 0 Å². The van der Waals surface area contributed by atoms with Gasteiger partial charge in [0.1, 0.15) is 0 Å². The lowest BCUT2D eigenvalue weighted by Crippen LogP contribution is -2.65. The van der Waals surface area contributed by atoms with Gasteiger partial charge in [-0.3, -0.25) is 19.4 Å².